The van der Waals surface area contributed by atoms with Crippen molar-refractivity contribution in [2.75, 3.05) is 13.7 Å². The maximum absolute atomic E-state index is 5.43. The second-order valence-corrected chi connectivity index (χ2v) is 4.75. The fraction of sp³-hybridized carbons (Fsp3) is 0.583. The van der Waals surface area contributed by atoms with Crippen molar-refractivity contribution in [3.05, 3.63) is 23.0 Å². The zero-order valence-corrected chi connectivity index (χ0v) is 12.3. The average molecular weight is 281 g/mol. The molecule has 2 heterocycles. The molecule has 0 fully saturated rings. The first kappa shape index (κ1) is 14.0. The van der Waals surface area contributed by atoms with Crippen molar-refractivity contribution in [3.63, 3.8) is 0 Å². The van der Waals surface area contributed by atoms with E-state index in [4.69, 9.17) is 4.74 Å². The molecule has 0 spiro atoms. The summed E-state index contributed by atoms with van der Waals surface area (Å²) < 4.78 is 11.4. The molecule has 0 amide bonds. The summed E-state index contributed by atoms with van der Waals surface area (Å²) in [5, 5.41) is 14.0. The summed E-state index contributed by atoms with van der Waals surface area (Å²) in [4.78, 5) is 0. The normalized spacial score (nSPS) is 12.6. The molecular weight excluding hydrogens is 262 g/mol. The highest BCUT2D eigenvalue weighted by Gasteiger charge is 2.24. The largest absolute Gasteiger partial charge is 0.493 e. The zero-order chi connectivity index (χ0) is 13.7. The Kier molecular flexibility index (Phi) is 4.86. The lowest BCUT2D eigenvalue weighted by atomic mass is 10.1. The number of hydrogen-bond acceptors (Lipinski definition) is 6. The van der Waals surface area contributed by atoms with Crippen LogP contribution in [0, 0.1) is 0 Å². The molecular formula is C12H19N5OS. The summed E-state index contributed by atoms with van der Waals surface area (Å²) in [6.07, 6.45) is 2.78. The first-order chi connectivity index (χ1) is 9.31. The topological polar surface area (TPSA) is 64.9 Å². The Hall–Kier alpha value is -1.47. The number of methoxy groups -OCH3 is 1. The van der Waals surface area contributed by atoms with Crippen LogP contribution in [0.15, 0.2) is 11.6 Å². The number of nitrogens with one attached hydrogen (secondary N) is 1. The van der Waals surface area contributed by atoms with E-state index in [-0.39, 0.29) is 6.04 Å². The van der Waals surface area contributed by atoms with Gasteiger partial charge in [0.2, 0.25) is 0 Å². The van der Waals surface area contributed by atoms with Crippen LogP contribution in [0.3, 0.4) is 0 Å². The van der Waals surface area contributed by atoms with E-state index in [0.717, 1.165) is 36.6 Å². The van der Waals surface area contributed by atoms with Gasteiger partial charge in [-0.25, -0.2) is 0 Å². The molecule has 104 valence electrons. The van der Waals surface area contributed by atoms with Crippen molar-refractivity contribution >= 4 is 11.5 Å². The molecule has 7 heteroatoms. The van der Waals surface area contributed by atoms with E-state index in [1.165, 1.54) is 11.5 Å². The van der Waals surface area contributed by atoms with E-state index in [0.29, 0.717) is 0 Å². The van der Waals surface area contributed by atoms with Gasteiger partial charge in [0.25, 0.3) is 0 Å². The maximum atomic E-state index is 5.43. The predicted octanol–water partition coefficient (Wildman–Crippen LogP) is 1.85. The van der Waals surface area contributed by atoms with Crippen LogP contribution in [0.4, 0.5) is 0 Å². The zero-order valence-electron chi connectivity index (χ0n) is 11.5. The Labute approximate surface area is 117 Å². The predicted molar refractivity (Wildman–Crippen MR) is 74.5 cm³/mol. The Morgan fingerprint density at radius 1 is 1.47 bits per heavy atom. The molecule has 0 bridgehead atoms. The third kappa shape index (κ3) is 2.93. The molecule has 0 aliphatic carbocycles. The number of ether oxygens (including phenoxy) is 1. The molecule has 0 saturated carbocycles. The van der Waals surface area contributed by atoms with Gasteiger partial charge in [0.15, 0.2) is 5.75 Å². The molecule has 2 aromatic rings. The molecule has 0 aromatic carbocycles. The average Bonchev–Trinajstić information content (AvgIpc) is 3.06. The summed E-state index contributed by atoms with van der Waals surface area (Å²) in [5.74, 6) is 0.785. The Morgan fingerprint density at radius 3 is 2.89 bits per heavy atom. The summed E-state index contributed by atoms with van der Waals surface area (Å²) in [6, 6.07) is -0.0345. The summed E-state index contributed by atoms with van der Waals surface area (Å²) in [5.41, 5.74) is 1.92. The van der Waals surface area contributed by atoms with Gasteiger partial charge in [0, 0.05) is 11.9 Å². The van der Waals surface area contributed by atoms with Gasteiger partial charge < -0.3 is 10.1 Å². The Bertz CT molecular complexity index is 496. The smallest absolute Gasteiger partial charge is 0.161 e. The Balaban J connectivity index is 2.42. The van der Waals surface area contributed by atoms with Crippen LogP contribution in [0.25, 0.3) is 0 Å². The van der Waals surface area contributed by atoms with Crippen molar-refractivity contribution < 1.29 is 4.74 Å². The van der Waals surface area contributed by atoms with Gasteiger partial charge in [-0.1, -0.05) is 18.3 Å². The summed E-state index contributed by atoms with van der Waals surface area (Å²) in [7, 11) is 1.67. The lowest BCUT2D eigenvalue weighted by Crippen LogP contribution is -2.25. The van der Waals surface area contributed by atoms with Crippen LogP contribution < -0.4 is 10.1 Å². The minimum Gasteiger partial charge on any atom is -0.493 e. The monoisotopic (exact) mass is 281 g/mol. The molecule has 0 aliphatic rings. The minimum atomic E-state index is -0.0345. The molecule has 19 heavy (non-hydrogen) atoms. The van der Waals surface area contributed by atoms with Gasteiger partial charge in [-0.2, -0.15) is 5.10 Å². The highest BCUT2D eigenvalue weighted by molar-refractivity contribution is 7.03. The van der Waals surface area contributed by atoms with E-state index in [2.05, 4.69) is 33.8 Å². The summed E-state index contributed by atoms with van der Waals surface area (Å²) in [6.45, 7) is 5.89. The highest BCUT2D eigenvalue weighted by atomic mass is 32.1. The molecule has 1 N–H and O–H groups in total. The molecule has 0 radical (unpaired) electrons. The van der Waals surface area contributed by atoms with Gasteiger partial charge in [0.05, 0.1) is 25.0 Å². The molecule has 2 aromatic heterocycles. The van der Waals surface area contributed by atoms with Crippen molar-refractivity contribution in [1.82, 2.24) is 24.7 Å². The highest BCUT2D eigenvalue weighted by Crippen LogP contribution is 2.29. The lowest BCUT2D eigenvalue weighted by molar-refractivity contribution is 0.397. The number of rotatable bonds is 7. The van der Waals surface area contributed by atoms with Crippen molar-refractivity contribution in [1.29, 1.82) is 0 Å². The van der Waals surface area contributed by atoms with Crippen molar-refractivity contribution in [2.45, 2.75) is 32.9 Å². The lowest BCUT2D eigenvalue weighted by Gasteiger charge is -2.18. The number of aryl methyl sites for hydroxylation is 1. The third-order valence-corrected chi connectivity index (χ3v) is 3.38. The SMILES string of the molecule is CCCn1ncc(OC)c1C(NCC)c1csnn1. The molecule has 0 saturated heterocycles. The van der Waals surface area contributed by atoms with E-state index in [9.17, 15) is 0 Å². The molecule has 1 atom stereocenters. The second kappa shape index (κ2) is 6.63. The fourth-order valence-electron chi connectivity index (χ4n) is 2.06. The molecule has 0 aliphatic heterocycles. The molecule has 1 unspecified atom stereocenters. The van der Waals surface area contributed by atoms with Crippen molar-refractivity contribution in [2.24, 2.45) is 0 Å². The second-order valence-electron chi connectivity index (χ2n) is 4.14. The van der Waals surface area contributed by atoms with Gasteiger partial charge in [-0.3, -0.25) is 4.68 Å². The van der Waals surface area contributed by atoms with E-state index in [1.807, 2.05) is 10.1 Å². The van der Waals surface area contributed by atoms with E-state index < -0.39 is 0 Å². The molecule has 6 nitrogen and oxygen atoms in total. The quantitative estimate of drug-likeness (QED) is 0.839. The number of nitrogens with zero attached hydrogens (tertiary/aromatic N) is 4. The Morgan fingerprint density at radius 2 is 2.32 bits per heavy atom. The third-order valence-electron chi connectivity index (χ3n) is 2.85. The van der Waals surface area contributed by atoms with Crippen LogP contribution in [0.2, 0.25) is 0 Å². The fourth-order valence-corrected chi connectivity index (χ4v) is 2.54. The van der Waals surface area contributed by atoms with Crippen LogP contribution in [0.1, 0.15) is 37.7 Å². The van der Waals surface area contributed by atoms with Crippen LogP contribution in [-0.2, 0) is 6.54 Å². The van der Waals surface area contributed by atoms with Crippen LogP contribution in [-0.4, -0.2) is 33.0 Å². The van der Waals surface area contributed by atoms with Crippen LogP contribution >= 0.6 is 11.5 Å². The van der Waals surface area contributed by atoms with Gasteiger partial charge >= 0.3 is 0 Å². The summed E-state index contributed by atoms with van der Waals surface area (Å²) >= 11 is 1.35. The van der Waals surface area contributed by atoms with Crippen molar-refractivity contribution in [3.8, 4) is 5.75 Å². The first-order valence-electron chi connectivity index (χ1n) is 6.41. The van der Waals surface area contributed by atoms with Gasteiger partial charge in [-0.05, 0) is 24.5 Å². The van der Waals surface area contributed by atoms with E-state index >= 15 is 0 Å². The van der Waals surface area contributed by atoms with Gasteiger partial charge in [-0.15, -0.1) is 5.10 Å². The standard InChI is InChI=1S/C12H19N5OS/c1-4-6-17-12(10(18-3)7-14-17)11(13-5-2)9-8-19-16-15-9/h7-8,11,13H,4-6H2,1-3H3. The first-order valence-corrected chi connectivity index (χ1v) is 7.25. The number of aromatic nitrogens is 4. The van der Waals surface area contributed by atoms with E-state index in [1.54, 1.807) is 13.3 Å². The number of hydrogen-bond donors (Lipinski definition) is 1. The van der Waals surface area contributed by atoms with Gasteiger partial charge in [0.1, 0.15) is 5.69 Å². The molecule has 2 rings (SSSR count). The van der Waals surface area contributed by atoms with Crippen LogP contribution in [0.5, 0.6) is 5.75 Å². The maximum Gasteiger partial charge on any atom is 0.161 e. The minimum absolute atomic E-state index is 0.0345.